The maximum atomic E-state index is 11.2. The Morgan fingerprint density at radius 1 is 1.38 bits per heavy atom. The first-order valence-corrected chi connectivity index (χ1v) is 6.32. The van der Waals surface area contributed by atoms with E-state index in [-0.39, 0.29) is 5.54 Å². The predicted octanol–water partition coefficient (Wildman–Crippen LogP) is 0.178. The highest BCUT2D eigenvalue weighted by molar-refractivity contribution is 7.85. The molecule has 13 heavy (non-hydrogen) atoms. The van der Waals surface area contributed by atoms with Gasteiger partial charge in [-0.3, -0.25) is 4.21 Å². The summed E-state index contributed by atoms with van der Waals surface area (Å²) in [6.45, 7) is 6.97. The van der Waals surface area contributed by atoms with Gasteiger partial charge in [-0.25, -0.2) is 0 Å². The van der Waals surface area contributed by atoms with E-state index in [9.17, 15) is 4.21 Å². The molecule has 0 radical (unpaired) electrons. The van der Waals surface area contributed by atoms with Crippen LogP contribution < -0.4 is 5.73 Å². The van der Waals surface area contributed by atoms with Crippen molar-refractivity contribution in [1.82, 2.24) is 4.90 Å². The van der Waals surface area contributed by atoms with Crippen molar-refractivity contribution >= 4 is 10.8 Å². The van der Waals surface area contributed by atoms with E-state index in [1.807, 2.05) is 13.8 Å². The molecule has 0 spiro atoms. The Labute approximate surface area is 83.1 Å². The highest BCUT2D eigenvalue weighted by atomic mass is 32.2. The van der Waals surface area contributed by atoms with Gasteiger partial charge in [-0.1, -0.05) is 0 Å². The first-order valence-electron chi connectivity index (χ1n) is 4.83. The number of hydrogen-bond donors (Lipinski definition) is 1. The van der Waals surface area contributed by atoms with Crippen molar-refractivity contribution in [3.05, 3.63) is 0 Å². The molecular formula is C9H20N2OS. The Hall–Kier alpha value is 0.0700. The highest BCUT2D eigenvalue weighted by Gasteiger charge is 2.19. The maximum Gasteiger partial charge on any atom is 0.0362 e. The third kappa shape index (κ3) is 4.74. The fourth-order valence-corrected chi connectivity index (χ4v) is 2.75. The molecule has 0 bridgehead atoms. The molecule has 1 unspecified atom stereocenters. The fourth-order valence-electron chi connectivity index (χ4n) is 1.63. The number of rotatable bonds is 2. The minimum atomic E-state index is -0.589. The standard InChI is InChI=1S/C9H20N2OS/c1-9(2,10)8-11-4-3-6-13(12)7-5-11/h3-8,10H2,1-2H3. The Balaban J connectivity index is 2.38. The average molecular weight is 204 g/mol. The van der Waals surface area contributed by atoms with Gasteiger partial charge in [0.15, 0.2) is 0 Å². The molecule has 0 aliphatic carbocycles. The van der Waals surface area contributed by atoms with Gasteiger partial charge in [0.25, 0.3) is 0 Å². The van der Waals surface area contributed by atoms with Crippen molar-refractivity contribution < 1.29 is 4.21 Å². The topological polar surface area (TPSA) is 46.3 Å². The molecule has 78 valence electrons. The zero-order valence-electron chi connectivity index (χ0n) is 8.58. The largest absolute Gasteiger partial charge is 0.324 e. The summed E-state index contributed by atoms with van der Waals surface area (Å²) in [5.41, 5.74) is 5.80. The summed E-state index contributed by atoms with van der Waals surface area (Å²) in [7, 11) is -0.589. The van der Waals surface area contributed by atoms with Gasteiger partial charge in [0.2, 0.25) is 0 Å². The molecule has 1 atom stereocenters. The first-order chi connectivity index (χ1) is 5.97. The minimum Gasteiger partial charge on any atom is -0.324 e. The van der Waals surface area contributed by atoms with Crippen LogP contribution in [0.4, 0.5) is 0 Å². The molecule has 0 saturated carbocycles. The van der Waals surface area contributed by atoms with Gasteiger partial charge in [0.1, 0.15) is 0 Å². The van der Waals surface area contributed by atoms with Crippen LogP contribution in [0.5, 0.6) is 0 Å². The molecule has 0 aromatic rings. The van der Waals surface area contributed by atoms with Crippen LogP contribution in [0.1, 0.15) is 20.3 Å². The average Bonchev–Trinajstić information content (AvgIpc) is 2.12. The van der Waals surface area contributed by atoms with Crippen LogP contribution in [0.2, 0.25) is 0 Å². The van der Waals surface area contributed by atoms with Crippen LogP contribution in [-0.4, -0.2) is 45.8 Å². The van der Waals surface area contributed by atoms with Gasteiger partial charge in [-0.2, -0.15) is 0 Å². The van der Waals surface area contributed by atoms with Crippen LogP contribution in [-0.2, 0) is 10.8 Å². The zero-order chi connectivity index (χ0) is 9.90. The van der Waals surface area contributed by atoms with E-state index >= 15 is 0 Å². The van der Waals surface area contributed by atoms with E-state index < -0.39 is 10.8 Å². The van der Waals surface area contributed by atoms with E-state index in [1.54, 1.807) is 0 Å². The molecule has 1 aliphatic heterocycles. The van der Waals surface area contributed by atoms with Crippen LogP contribution in [0.3, 0.4) is 0 Å². The van der Waals surface area contributed by atoms with Crippen LogP contribution in [0.25, 0.3) is 0 Å². The molecule has 1 heterocycles. The third-order valence-corrected chi connectivity index (χ3v) is 3.49. The second-order valence-electron chi connectivity index (χ2n) is 4.47. The van der Waals surface area contributed by atoms with E-state index in [0.29, 0.717) is 0 Å². The molecule has 0 aromatic carbocycles. The van der Waals surface area contributed by atoms with Gasteiger partial charge in [0.05, 0.1) is 0 Å². The summed E-state index contributed by atoms with van der Waals surface area (Å²) in [5.74, 6) is 1.68. The Bertz CT molecular complexity index is 189. The Morgan fingerprint density at radius 3 is 2.69 bits per heavy atom. The Morgan fingerprint density at radius 2 is 2.08 bits per heavy atom. The number of hydrogen-bond acceptors (Lipinski definition) is 3. The lowest BCUT2D eigenvalue weighted by atomic mass is 10.1. The van der Waals surface area contributed by atoms with Crippen LogP contribution >= 0.6 is 0 Å². The van der Waals surface area contributed by atoms with E-state index in [1.165, 1.54) is 0 Å². The molecular weight excluding hydrogens is 184 g/mol. The van der Waals surface area contributed by atoms with Crippen molar-refractivity contribution in [2.45, 2.75) is 25.8 Å². The normalized spacial score (nSPS) is 27.2. The van der Waals surface area contributed by atoms with Crippen molar-refractivity contribution in [2.75, 3.05) is 31.1 Å². The third-order valence-electron chi connectivity index (χ3n) is 2.11. The van der Waals surface area contributed by atoms with Crippen molar-refractivity contribution in [1.29, 1.82) is 0 Å². The molecule has 2 N–H and O–H groups in total. The number of nitrogens with two attached hydrogens (primary N) is 1. The maximum absolute atomic E-state index is 11.2. The van der Waals surface area contributed by atoms with Crippen LogP contribution in [0.15, 0.2) is 0 Å². The monoisotopic (exact) mass is 204 g/mol. The molecule has 0 amide bonds. The molecule has 3 nitrogen and oxygen atoms in total. The second kappa shape index (κ2) is 4.53. The molecule has 0 aromatic heterocycles. The van der Waals surface area contributed by atoms with E-state index in [4.69, 9.17) is 5.73 Å². The highest BCUT2D eigenvalue weighted by Crippen LogP contribution is 2.06. The van der Waals surface area contributed by atoms with Gasteiger partial charge < -0.3 is 10.6 Å². The lowest BCUT2D eigenvalue weighted by molar-refractivity contribution is 0.241. The van der Waals surface area contributed by atoms with Crippen molar-refractivity contribution in [3.63, 3.8) is 0 Å². The van der Waals surface area contributed by atoms with E-state index in [0.717, 1.165) is 37.6 Å². The lowest BCUT2D eigenvalue weighted by Crippen LogP contribution is -2.46. The SMILES string of the molecule is CC(C)(N)CN1CCCS(=O)CC1. The lowest BCUT2D eigenvalue weighted by Gasteiger charge is -2.28. The fraction of sp³-hybridized carbons (Fsp3) is 1.00. The van der Waals surface area contributed by atoms with Gasteiger partial charge in [-0.15, -0.1) is 0 Å². The quantitative estimate of drug-likeness (QED) is 0.698. The minimum absolute atomic E-state index is 0.133. The molecule has 1 saturated heterocycles. The van der Waals surface area contributed by atoms with Crippen molar-refractivity contribution in [2.24, 2.45) is 5.73 Å². The summed E-state index contributed by atoms with van der Waals surface area (Å²) in [6.07, 6.45) is 1.04. The summed E-state index contributed by atoms with van der Waals surface area (Å²) in [4.78, 5) is 2.32. The van der Waals surface area contributed by atoms with Gasteiger partial charge >= 0.3 is 0 Å². The summed E-state index contributed by atoms with van der Waals surface area (Å²) >= 11 is 0. The zero-order valence-corrected chi connectivity index (χ0v) is 9.40. The molecule has 1 rings (SSSR count). The summed E-state index contributed by atoms with van der Waals surface area (Å²) < 4.78 is 11.2. The van der Waals surface area contributed by atoms with Crippen LogP contribution in [0, 0.1) is 0 Å². The predicted molar refractivity (Wildman–Crippen MR) is 57.2 cm³/mol. The second-order valence-corrected chi connectivity index (χ2v) is 6.16. The van der Waals surface area contributed by atoms with Gasteiger partial charge in [0, 0.05) is 40.9 Å². The Kier molecular flexibility index (Phi) is 3.88. The van der Waals surface area contributed by atoms with Gasteiger partial charge in [-0.05, 0) is 26.8 Å². The molecule has 1 fully saturated rings. The molecule has 4 heteroatoms. The first kappa shape index (κ1) is 11.1. The van der Waals surface area contributed by atoms with E-state index in [2.05, 4.69) is 4.90 Å². The molecule has 1 aliphatic rings. The van der Waals surface area contributed by atoms with Crippen molar-refractivity contribution in [3.8, 4) is 0 Å². The number of nitrogens with zero attached hydrogens (tertiary/aromatic N) is 1. The summed E-state index contributed by atoms with van der Waals surface area (Å²) in [6, 6.07) is 0. The smallest absolute Gasteiger partial charge is 0.0362 e. The summed E-state index contributed by atoms with van der Waals surface area (Å²) in [5, 5.41) is 0.